The number of thioether (sulfide) groups is 1. The number of nitro groups is 1. The number of esters is 1. The highest BCUT2D eigenvalue weighted by atomic mass is 32.2. The van der Waals surface area contributed by atoms with Crippen LogP contribution in [0.1, 0.15) is 18.1 Å². The first-order valence-corrected chi connectivity index (χ1v) is 9.13. The number of benzene rings is 2. The summed E-state index contributed by atoms with van der Waals surface area (Å²) in [6.07, 6.45) is 0. The van der Waals surface area contributed by atoms with E-state index in [1.807, 2.05) is 31.2 Å². The fourth-order valence-electron chi connectivity index (χ4n) is 2.21. The summed E-state index contributed by atoms with van der Waals surface area (Å²) in [4.78, 5) is 34.7. The minimum absolute atomic E-state index is 0.0140. The van der Waals surface area contributed by atoms with Crippen molar-refractivity contribution in [2.24, 2.45) is 0 Å². The monoisotopic (exact) mass is 388 g/mol. The topological polar surface area (TPSA) is 98.5 Å². The average molecular weight is 388 g/mol. The number of amides is 1. The van der Waals surface area contributed by atoms with Crippen LogP contribution in [0, 0.1) is 17.0 Å². The second-order valence-corrected chi connectivity index (χ2v) is 7.24. The molecule has 7 nitrogen and oxygen atoms in total. The zero-order valence-electron chi connectivity index (χ0n) is 15.0. The van der Waals surface area contributed by atoms with Gasteiger partial charge in [0, 0.05) is 23.6 Å². The highest BCUT2D eigenvalue weighted by Crippen LogP contribution is 2.25. The summed E-state index contributed by atoms with van der Waals surface area (Å²) in [5, 5.41) is 12.8. The van der Waals surface area contributed by atoms with Gasteiger partial charge in [0.15, 0.2) is 6.61 Å². The Morgan fingerprint density at radius 1 is 1.19 bits per heavy atom. The van der Waals surface area contributed by atoms with E-state index in [2.05, 4.69) is 5.32 Å². The fourth-order valence-corrected chi connectivity index (χ4v) is 3.07. The maximum Gasteiger partial charge on any atom is 0.319 e. The number of nitrogens with zero attached hydrogens (tertiary/aromatic N) is 1. The van der Waals surface area contributed by atoms with Gasteiger partial charge in [-0.3, -0.25) is 19.7 Å². The third kappa shape index (κ3) is 6.41. The molecule has 0 fully saturated rings. The quantitative estimate of drug-likeness (QED) is 0.323. The number of nitro benzene ring substituents is 1. The van der Waals surface area contributed by atoms with Gasteiger partial charge >= 0.3 is 5.97 Å². The maximum absolute atomic E-state index is 12.0. The molecule has 0 unspecified atom stereocenters. The lowest BCUT2D eigenvalue weighted by Gasteiger charge is -2.12. The zero-order valence-corrected chi connectivity index (χ0v) is 15.8. The van der Waals surface area contributed by atoms with Gasteiger partial charge in [0.25, 0.3) is 11.6 Å². The Morgan fingerprint density at radius 3 is 2.48 bits per heavy atom. The van der Waals surface area contributed by atoms with E-state index in [1.54, 1.807) is 19.1 Å². The fraction of sp³-hybridized carbons (Fsp3) is 0.263. The summed E-state index contributed by atoms with van der Waals surface area (Å²) < 4.78 is 5.04. The van der Waals surface area contributed by atoms with Crippen LogP contribution in [0.3, 0.4) is 0 Å². The molecule has 0 saturated heterocycles. The summed E-state index contributed by atoms with van der Waals surface area (Å²) in [7, 11) is 0. The molecule has 1 atom stereocenters. The molecule has 0 aliphatic rings. The van der Waals surface area contributed by atoms with E-state index in [0.717, 1.165) is 11.1 Å². The van der Waals surface area contributed by atoms with Crippen LogP contribution in [0.4, 0.5) is 5.69 Å². The normalized spacial score (nSPS) is 11.5. The Labute approximate surface area is 161 Å². The van der Waals surface area contributed by atoms with Gasteiger partial charge in [-0.15, -0.1) is 11.8 Å². The first kappa shape index (κ1) is 20.4. The lowest BCUT2D eigenvalue weighted by atomic mass is 10.1. The van der Waals surface area contributed by atoms with E-state index in [9.17, 15) is 19.7 Å². The number of carbonyl (C=O) groups is 2. The largest absolute Gasteiger partial charge is 0.455 e. The molecule has 0 saturated carbocycles. The number of hydrogen-bond acceptors (Lipinski definition) is 6. The number of aryl methyl sites for hydroxylation is 1. The Morgan fingerprint density at radius 2 is 1.85 bits per heavy atom. The van der Waals surface area contributed by atoms with Crippen LogP contribution in [-0.2, 0) is 20.9 Å². The third-order valence-corrected chi connectivity index (χ3v) is 4.87. The Bertz CT molecular complexity index is 823. The second-order valence-electron chi connectivity index (χ2n) is 5.82. The van der Waals surface area contributed by atoms with Crippen molar-refractivity contribution in [1.82, 2.24) is 5.32 Å². The summed E-state index contributed by atoms with van der Waals surface area (Å²) in [5.41, 5.74) is 2.06. The molecule has 0 heterocycles. The number of rotatable bonds is 8. The van der Waals surface area contributed by atoms with Gasteiger partial charge < -0.3 is 10.1 Å². The van der Waals surface area contributed by atoms with Crippen molar-refractivity contribution in [2.75, 3.05) is 6.61 Å². The molecule has 2 rings (SSSR count). The zero-order chi connectivity index (χ0) is 19.8. The van der Waals surface area contributed by atoms with E-state index in [0.29, 0.717) is 11.4 Å². The highest BCUT2D eigenvalue weighted by molar-refractivity contribution is 8.00. The van der Waals surface area contributed by atoms with Crippen LogP contribution in [-0.4, -0.2) is 28.7 Å². The third-order valence-electron chi connectivity index (χ3n) is 3.78. The van der Waals surface area contributed by atoms with Crippen molar-refractivity contribution < 1.29 is 19.2 Å². The van der Waals surface area contributed by atoms with Crippen molar-refractivity contribution in [2.45, 2.75) is 30.5 Å². The van der Waals surface area contributed by atoms with Crippen LogP contribution in [0.25, 0.3) is 0 Å². The molecule has 0 spiro atoms. The summed E-state index contributed by atoms with van der Waals surface area (Å²) >= 11 is 1.21. The molecule has 0 aliphatic heterocycles. The Balaban J connectivity index is 1.76. The molecule has 0 radical (unpaired) electrons. The maximum atomic E-state index is 12.0. The van der Waals surface area contributed by atoms with Crippen molar-refractivity contribution in [3.8, 4) is 0 Å². The average Bonchev–Trinajstić information content (AvgIpc) is 2.65. The van der Waals surface area contributed by atoms with Crippen LogP contribution in [0.2, 0.25) is 0 Å². The molecular weight excluding hydrogens is 368 g/mol. The first-order chi connectivity index (χ1) is 12.9. The summed E-state index contributed by atoms with van der Waals surface area (Å²) in [6.45, 7) is 3.63. The van der Waals surface area contributed by atoms with E-state index in [-0.39, 0.29) is 18.2 Å². The van der Waals surface area contributed by atoms with Gasteiger partial charge in [-0.25, -0.2) is 0 Å². The molecule has 1 amide bonds. The molecule has 0 bridgehead atoms. The minimum atomic E-state index is -0.546. The van der Waals surface area contributed by atoms with E-state index >= 15 is 0 Å². The van der Waals surface area contributed by atoms with Gasteiger partial charge in [0.1, 0.15) is 5.25 Å². The number of hydrogen-bond donors (Lipinski definition) is 1. The molecule has 1 N–H and O–H groups in total. The van der Waals surface area contributed by atoms with Gasteiger partial charge in [0.2, 0.25) is 0 Å². The van der Waals surface area contributed by atoms with Crippen LogP contribution >= 0.6 is 11.8 Å². The summed E-state index contributed by atoms with van der Waals surface area (Å²) in [5.74, 6) is -0.900. The Hall–Kier alpha value is -2.87. The number of carbonyl (C=O) groups excluding carboxylic acids is 2. The minimum Gasteiger partial charge on any atom is -0.455 e. The van der Waals surface area contributed by atoms with Crippen LogP contribution < -0.4 is 5.32 Å². The smallest absolute Gasteiger partial charge is 0.319 e. The molecular formula is C19H20N2O5S. The molecule has 2 aromatic carbocycles. The van der Waals surface area contributed by atoms with Gasteiger partial charge in [-0.2, -0.15) is 0 Å². The standard InChI is InChI=1S/C19H20N2O5S/c1-13-5-3-4-6-15(13)11-20-18(22)12-26-19(23)14(2)27-17-9-7-16(8-10-17)21(24)25/h3-10,14H,11-12H2,1-2H3,(H,20,22)/t14-/m0/s1. The molecule has 2 aromatic rings. The van der Waals surface area contributed by atoms with Crippen molar-refractivity contribution in [3.63, 3.8) is 0 Å². The van der Waals surface area contributed by atoms with Crippen LogP contribution in [0.5, 0.6) is 0 Å². The predicted molar refractivity (Wildman–Crippen MR) is 102 cm³/mol. The van der Waals surface area contributed by atoms with Gasteiger partial charge in [0.05, 0.1) is 4.92 Å². The molecule has 0 aromatic heterocycles. The molecule has 27 heavy (non-hydrogen) atoms. The van der Waals surface area contributed by atoms with Crippen molar-refractivity contribution >= 4 is 29.3 Å². The van der Waals surface area contributed by atoms with Crippen LogP contribution in [0.15, 0.2) is 53.4 Å². The molecule has 142 valence electrons. The number of nitrogens with one attached hydrogen (secondary N) is 1. The number of ether oxygens (including phenoxy) is 1. The van der Waals surface area contributed by atoms with E-state index < -0.39 is 16.1 Å². The van der Waals surface area contributed by atoms with E-state index in [1.165, 1.54) is 23.9 Å². The second kappa shape index (κ2) is 9.72. The lowest BCUT2D eigenvalue weighted by molar-refractivity contribution is -0.384. The SMILES string of the molecule is Cc1ccccc1CNC(=O)COC(=O)[C@H](C)Sc1ccc([N+](=O)[O-])cc1. The molecule has 8 heteroatoms. The van der Waals surface area contributed by atoms with E-state index in [4.69, 9.17) is 4.74 Å². The van der Waals surface area contributed by atoms with Crippen molar-refractivity contribution in [3.05, 3.63) is 69.8 Å². The molecule has 0 aliphatic carbocycles. The number of non-ortho nitro benzene ring substituents is 1. The Kier molecular flexibility index (Phi) is 7.36. The lowest BCUT2D eigenvalue weighted by Crippen LogP contribution is -2.30. The summed E-state index contributed by atoms with van der Waals surface area (Å²) in [6, 6.07) is 13.6. The van der Waals surface area contributed by atoms with Gasteiger partial charge in [-0.1, -0.05) is 24.3 Å². The van der Waals surface area contributed by atoms with Gasteiger partial charge in [-0.05, 0) is 37.1 Å². The van der Waals surface area contributed by atoms with Crippen molar-refractivity contribution in [1.29, 1.82) is 0 Å². The predicted octanol–water partition coefficient (Wildman–Crippen LogP) is 3.24. The highest BCUT2D eigenvalue weighted by Gasteiger charge is 2.18. The first-order valence-electron chi connectivity index (χ1n) is 8.26.